The van der Waals surface area contributed by atoms with Gasteiger partial charge in [0.25, 0.3) is 0 Å². The summed E-state index contributed by atoms with van der Waals surface area (Å²) in [6.07, 6.45) is 3.47. The minimum atomic E-state index is -0.379. The molecule has 0 spiro atoms. The molecule has 1 aliphatic heterocycles. The highest BCUT2D eigenvalue weighted by Crippen LogP contribution is 1.90. The number of carbonyl (C=O) groups is 1. The van der Waals surface area contributed by atoms with Crippen molar-refractivity contribution in [3.05, 3.63) is 12.2 Å². The maximum atomic E-state index is 11.0. The maximum absolute atomic E-state index is 11.0. The van der Waals surface area contributed by atoms with Gasteiger partial charge in [-0.1, -0.05) is 6.08 Å². The summed E-state index contributed by atoms with van der Waals surface area (Å²) in [6.45, 7) is 2.81. The van der Waals surface area contributed by atoms with E-state index in [0.29, 0.717) is 18.9 Å². The number of carbonyl (C=O) groups excluding carboxylic acids is 1. The van der Waals surface area contributed by atoms with Crippen molar-refractivity contribution < 1.29 is 9.53 Å². The van der Waals surface area contributed by atoms with E-state index < -0.39 is 0 Å². The minimum absolute atomic E-state index is 0.332. The summed E-state index contributed by atoms with van der Waals surface area (Å²) in [6, 6.07) is 0. The molecule has 0 radical (unpaired) electrons. The van der Waals surface area contributed by atoms with Crippen molar-refractivity contribution in [2.24, 2.45) is 5.10 Å². The number of nitrogens with one attached hydrogen (secondary N) is 1. The van der Waals surface area contributed by atoms with Crippen LogP contribution in [0.3, 0.4) is 0 Å². The molecule has 0 aromatic rings. The van der Waals surface area contributed by atoms with E-state index >= 15 is 0 Å². The lowest BCUT2D eigenvalue weighted by Gasteiger charge is -2.05. The van der Waals surface area contributed by atoms with E-state index in [4.69, 9.17) is 4.74 Å². The van der Waals surface area contributed by atoms with Crippen LogP contribution in [0.5, 0.6) is 0 Å². The normalized spacial score (nSPS) is 15.2. The number of nitrogens with zero attached hydrogens (tertiary/aromatic N) is 1. The number of hydrogen-bond acceptors (Lipinski definition) is 4. The largest absolute Gasteiger partial charge is 0.461 e. The van der Waals surface area contributed by atoms with Gasteiger partial charge in [0.15, 0.2) is 5.71 Å². The molecule has 0 atom stereocenters. The lowest BCUT2D eigenvalue weighted by molar-refractivity contribution is -0.134. The molecule has 60 valence electrons. The summed E-state index contributed by atoms with van der Waals surface area (Å²) in [4.78, 5) is 11.0. The van der Waals surface area contributed by atoms with Crippen molar-refractivity contribution >= 4 is 11.7 Å². The van der Waals surface area contributed by atoms with Crippen molar-refractivity contribution in [1.29, 1.82) is 0 Å². The SMILES string of the molecule is CCOC(=O)C1=NNCC=C1. The molecule has 1 N–H and O–H groups in total. The zero-order valence-electron chi connectivity index (χ0n) is 6.33. The third-order valence-corrected chi connectivity index (χ3v) is 1.17. The highest BCUT2D eigenvalue weighted by atomic mass is 16.5. The Morgan fingerprint density at radius 1 is 1.91 bits per heavy atom. The summed E-state index contributed by atoms with van der Waals surface area (Å²) in [5.41, 5.74) is 3.01. The van der Waals surface area contributed by atoms with Gasteiger partial charge in [0.1, 0.15) is 0 Å². The average molecular weight is 154 g/mol. The van der Waals surface area contributed by atoms with Crippen LogP contribution in [-0.4, -0.2) is 24.8 Å². The second-order valence-corrected chi connectivity index (χ2v) is 1.98. The molecule has 0 aromatic carbocycles. The van der Waals surface area contributed by atoms with Gasteiger partial charge < -0.3 is 10.2 Å². The Morgan fingerprint density at radius 2 is 2.73 bits per heavy atom. The molecule has 0 saturated heterocycles. The number of esters is 1. The van der Waals surface area contributed by atoms with Crippen LogP contribution in [0.1, 0.15) is 6.92 Å². The number of ether oxygens (including phenoxy) is 1. The molecule has 1 heterocycles. The Kier molecular flexibility index (Phi) is 2.66. The number of hydrogen-bond donors (Lipinski definition) is 1. The molecule has 0 aliphatic carbocycles. The Balaban J connectivity index is 2.52. The molecule has 4 nitrogen and oxygen atoms in total. The third-order valence-electron chi connectivity index (χ3n) is 1.17. The Hall–Kier alpha value is -1.32. The molecule has 0 fully saturated rings. The fourth-order valence-electron chi connectivity index (χ4n) is 0.710. The molecular formula is C7H10N2O2. The lowest BCUT2D eigenvalue weighted by atomic mass is 10.3. The summed E-state index contributed by atoms with van der Waals surface area (Å²) < 4.78 is 4.72. The first kappa shape index (κ1) is 7.78. The van der Waals surface area contributed by atoms with Crippen molar-refractivity contribution in [3.8, 4) is 0 Å². The molecule has 4 heteroatoms. The van der Waals surface area contributed by atoms with Crippen molar-refractivity contribution in [3.63, 3.8) is 0 Å². The van der Waals surface area contributed by atoms with Gasteiger partial charge in [-0.2, -0.15) is 5.10 Å². The second kappa shape index (κ2) is 3.75. The van der Waals surface area contributed by atoms with E-state index in [1.807, 2.05) is 6.08 Å². The van der Waals surface area contributed by atoms with Gasteiger partial charge in [0.2, 0.25) is 0 Å². The summed E-state index contributed by atoms with van der Waals surface area (Å²) in [5, 5.41) is 3.75. The Bertz CT molecular complexity index is 208. The van der Waals surface area contributed by atoms with E-state index in [2.05, 4.69) is 10.5 Å². The van der Waals surface area contributed by atoms with Gasteiger partial charge in [-0.3, -0.25) is 0 Å². The first-order valence-electron chi connectivity index (χ1n) is 3.49. The van der Waals surface area contributed by atoms with Crippen LogP contribution in [0.25, 0.3) is 0 Å². The molecule has 0 saturated carbocycles. The maximum Gasteiger partial charge on any atom is 0.358 e. The van der Waals surface area contributed by atoms with Crippen molar-refractivity contribution in [2.75, 3.05) is 13.2 Å². The van der Waals surface area contributed by atoms with Crippen molar-refractivity contribution in [1.82, 2.24) is 5.43 Å². The zero-order chi connectivity index (χ0) is 8.10. The van der Waals surface area contributed by atoms with E-state index in [1.165, 1.54) is 0 Å². The van der Waals surface area contributed by atoms with E-state index in [9.17, 15) is 4.79 Å². The van der Waals surface area contributed by atoms with Gasteiger partial charge in [-0.25, -0.2) is 4.79 Å². The van der Waals surface area contributed by atoms with E-state index in [1.54, 1.807) is 13.0 Å². The fourth-order valence-corrected chi connectivity index (χ4v) is 0.710. The molecular weight excluding hydrogens is 144 g/mol. The Morgan fingerprint density at radius 3 is 3.27 bits per heavy atom. The highest BCUT2D eigenvalue weighted by Gasteiger charge is 2.10. The molecule has 1 aliphatic rings. The minimum Gasteiger partial charge on any atom is -0.461 e. The van der Waals surface area contributed by atoms with Gasteiger partial charge in [0.05, 0.1) is 13.2 Å². The van der Waals surface area contributed by atoms with Crippen LogP contribution in [-0.2, 0) is 9.53 Å². The third kappa shape index (κ3) is 2.07. The molecule has 0 bridgehead atoms. The smallest absolute Gasteiger partial charge is 0.358 e. The fraction of sp³-hybridized carbons (Fsp3) is 0.429. The van der Waals surface area contributed by atoms with Crippen LogP contribution in [0, 0.1) is 0 Å². The standard InChI is InChI=1S/C7H10N2O2/c1-2-11-7(10)6-4-3-5-8-9-6/h3-4,8H,2,5H2,1H3. The Labute approximate surface area is 64.9 Å². The lowest BCUT2D eigenvalue weighted by Crippen LogP contribution is -2.22. The van der Waals surface area contributed by atoms with Gasteiger partial charge in [0, 0.05) is 0 Å². The topological polar surface area (TPSA) is 50.7 Å². The zero-order valence-corrected chi connectivity index (χ0v) is 6.33. The molecule has 0 amide bonds. The van der Waals surface area contributed by atoms with Gasteiger partial charge in [-0.15, -0.1) is 0 Å². The first-order chi connectivity index (χ1) is 5.34. The molecule has 11 heavy (non-hydrogen) atoms. The second-order valence-electron chi connectivity index (χ2n) is 1.98. The van der Waals surface area contributed by atoms with Crippen LogP contribution >= 0.6 is 0 Å². The molecule has 0 aromatic heterocycles. The predicted octanol–water partition coefficient (Wildman–Crippen LogP) is 0.0649. The van der Waals surface area contributed by atoms with Gasteiger partial charge >= 0.3 is 5.97 Å². The van der Waals surface area contributed by atoms with Crippen molar-refractivity contribution in [2.45, 2.75) is 6.92 Å². The number of hydrazone groups is 1. The summed E-state index contributed by atoms with van der Waals surface area (Å²) in [7, 11) is 0. The van der Waals surface area contributed by atoms with Gasteiger partial charge in [-0.05, 0) is 13.0 Å². The summed E-state index contributed by atoms with van der Waals surface area (Å²) >= 11 is 0. The monoisotopic (exact) mass is 154 g/mol. The van der Waals surface area contributed by atoms with E-state index in [0.717, 1.165) is 0 Å². The van der Waals surface area contributed by atoms with Crippen LogP contribution in [0.2, 0.25) is 0 Å². The summed E-state index contributed by atoms with van der Waals surface area (Å²) in [5.74, 6) is -0.379. The predicted molar refractivity (Wildman–Crippen MR) is 41.2 cm³/mol. The van der Waals surface area contributed by atoms with Crippen LogP contribution < -0.4 is 5.43 Å². The molecule has 0 unspecified atom stereocenters. The first-order valence-corrected chi connectivity index (χ1v) is 3.49. The molecule has 1 rings (SSSR count). The average Bonchev–Trinajstić information content (AvgIpc) is 2.07. The number of rotatable bonds is 2. The quantitative estimate of drug-likeness (QED) is 0.572. The van der Waals surface area contributed by atoms with Crippen LogP contribution in [0.4, 0.5) is 0 Å². The highest BCUT2D eigenvalue weighted by molar-refractivity contribution is 6.41. The van der Waals surface area contributed by atoms with Crippen LogP contribution in [0.15, 0.2) is 17.3 Å². The van der Waals surface area contributed by atoms with E-state index in [-0.39, 0.29) is 5.97 Å².